The summed E-state index contributed by atoms with van der Waals surface area (Å²) in [6.07, 6.45) is 0. The molecule has 0 atom stereocenters. The number of hydrogen-bond donors (Lipinski definition) is 4. The Hall–Kier alpha value is -1.08. The van der Waals surface area contributed by atoms with Gasteiger partial charge in [-0.3, -0.25) is 0 Å². The predicted octanol–water partition coefficient (Wildman–Crippen LogP) is -1.05. The van der Waals surface area contributed by atoms with E-state index in [1.165, 1.54) is 0 Å². The van der Waals surface area contributed by atoms with Crippen LogP contribution in [0.25, 0.3) is 0 Å². The molecule has 0 aliphatic heterocycles. The Morgan fingerprint density at radius 3 is 2.43 bits per heavy atom. The lowest BCUT2D eigenvalue weighted by molar-refractivity contribution is 0.287. The smallest absolute Gasteiger partial charge is 0.512 e. The van der Waals surface area contributed by atoms with Crippen LogP contribution in [0.3, 0.4) is 0 Å². The van der Waals surface area contributed by atoms with Crippen LogP contribution in [-0.4, -0.2) is 17.4 Å². The molecule has 0 saturated carbocycles. The van der Waals surface area contributed by atoms with Gasteiger partial charge < -0.3 is 26.2 Å². The Morgan fingerprint density at radius 1 is 1.21 bits per heavy atom. The second-order valence-electron chi connectivity index (χ2n) is 2.79. The van der Waals surface area contributed by atoms with Crippen molar-refractivity contribution in [2.75, 3.05) is 0 Å². The van der Waals surface area contributed by atoms with Crippen LogP contribution < -0.4 is 16.1 Å². The maximum atomic E-state index is 8.62. The van der Waals surface area contributed by atoms with Crippen molar-refractivity contribution in [1.29, 1.82) is 0 Å². The highest BCUT2D eigenvalue weighted by Gasteiger charge is 2.13. The molecule has 1 aromatic carbocycles. The van der Waals surface area contributed by atoms with Crippen molar-refractivity contribution in [1.82, 2.24) is 0 Å². The second kappa shape index (κ2) is 4.97. The molecule has 0 saturated heterocycles. The number of nitrogens with two attached hydrogens (primary N) is 2. The Kier molecular flexibility index (Phi) is 3.90. The van der Waals surface area contributed by atoms with Crippen molar-refractivity contribution in [3.63, 3.8) is 0 Å². The molecule has 1 rings (SSSR count). The summed E-state index contributed by atoms with van der Waals surface area (Å²) < 4.78 is 4.73. The molecule has 0 radical (unpaired) electrons. The molecule has 0 aromatic heterocycles. The van der Waals surface area contributed by atoms with E-state index in [4.69, 9.17) is 26.2 Å². The van der Waals surface area contributed by atoms with Gasteiger partial charge in [0, 0.05) is 18.7 Å². The number of rotatable bonds is 4. The van der Waals surface area contributed by atoms with Gasteiger partial charge in [0.2, 0.25) is 0 Å². The maximum absolute atomic E-state index is 8.62. The molecule has 5 nitrogen and oxygen atoms in total. The van der Waals surface area contributed by atoms with Gasteiger partial charge in [-0.2, -0.15) is 0 Å². The second-order valence-corrected chi connectivity index (χ2v) is 2.79. The molecular formula is C8H13BN2O3. The van der Waals surface area contributed by atoms with Crippen molar-refractivity contribution in [2.24, 2.45) is 11.5 Å². The Bertz CT molecular complexity index is 307. The van der Waals surface area contributed by atoms with Gasteiger partial charge in [-0.25, -0.2) is 0 Å². The molecule has 0 bridgehead atoms. The van der Waals surface area contributed by atoms with Crippen LogP contribution in [-0.2, 0) is 13.1 Å². The molecule has 0 fully saturated rings. The third-order valence-corrected chi connectivity index (χ3v) is 1.81. The zero-order valence-electron chi connectivity index (χ0n) is 7.68. The van der Waals surface area contributed by atoms with Gasteiger partial charge in [0.05, 0.1) is 0 Å². The molecule has 0 spiro atoms. The van der Waals surface area contributed by atoms with Gasteiger partial charge in [-0.1, -0.05) is 6.07 Å². The predicted molar refractivity (Wildman–Crippen MR) is 53.0 cm³/mol. The highest BCUT2D eigenvalue weighted by atomic mass is 16.6. The fraction of sp³-hybridized carbons (Fsp3) is 0.250. The van der Waals surface area contributed by atoms with Crippen molar-refractivity contribution in [2.45, 2.75) is 13.1 Å². The van der Waals surface area contributed by atoms with Crippen molar-refractivity contribution in [3.05, 3.63) is 29.3 Å². The number of benzene rings is 1. The summed E-state index contributed by atoms with van der Waals surface area (Å²) in [5, 5.41) is 17.2. The molecule has 76 valence electrons. The molecule has 6 N–H and O–H groups in total. The SMILES string of the molecule is NCc1ccc(OB(O)O)c(CN)c1. The van der Waals surface area contributed by atoms with Gasteiger partial charge in [-0.05, 0) is 17.7 Å². The summed E-state index contributed by atoms with van der Waals surface area (Å²) in [5.41, 5.74) is 12.5. The highest BCUT2D eigenvalue weighted by Crippen LogP contribution is 2.19. The Morgan fingerprint density at radius 2 is 1.93 bits per heavy atom. The first-order chi connectivity index (χ1) is 6.67. The molecular weight excluding hydrogens is 183 g/mol. The zero-order chi connectivity index (χ0) is 10.6. The maximum Gasteiger partial charge on any atom is 0.707 e. The third-order valence-electron chi connectivity index (χ3n) is 1.81. The van der Waals surface area contributed by atoms with Gasteiger partial charge in [0.15, 0.2) is 0 Å². The molecule has 6 heteroatoms. The van der Waals surface area contributed by atoms with Crippen LogP contribution in [0, 0.1) is 0 Å². The summed E-state index contributed by atoms with van der Waals surface area (Å²) in [6, 6.07) is 5.14. The average molecular weight is 196 g/mol. The summed E-state index contributed by atoms with van der Waals surface area (Å²) in [5.74, 6) is 0.361. The molecule has 14 heavy (non-hydrogen) atoms. The average Bonchev–Trinajstić information content (AvgIpc) is 2.17. The van der Waals surface area contributed by atoms with E-state index in [-0.39, 0.29) is 6.54 Å². The van der Waals surface area contributed by atoms with Crippen LogP contribution in [0.5, 0.6) is 5.75 Å². The van der Waals surface area contributed by atoms with Gasteiger partial charge in [-0.15, -0.1) is 0 Å². The molecule has 0 amide bonds. The molecule has 0 aliphatic carbocycles. The zero-order valence-corrected chi connectivity index (χ0v) is 7.68. The standard InChI is InChI=1S/C8H13BN2O3/c10-4-6-1-2-8(14-9(12)13)7(3-6)5-11/h1-3,12-13H,4-5,10-11H2. The molecule has 0 aliphatic rings. The van der Waals surface area contributed by atoms with Crippen LogP contribution in [0.4, 0.5) is 0 Å². The van der Waals surface area contributed by atoms with E-state index in [1.54, 1.807) is 18.2 Å². The minimum Gasteiger partial charge on any atom is -0.512 e. The van der Waals surface area contributed by atoms with Crippen LogP contribution in [0.1, 0.15) is 11.1 Å². The van der Waals surface area contributed by atoms with Gasteiger partial charge in [0.25, 0.3) is 0 Å². The molecule has 0 heterocycles. The van der Waals surface area contributed by atoms with Gasteiger partial charge in [0.1, 0.15) is 5.75 Å². The van der Waals surface area contributed by atoms with E-state index in [0.29, 0.717) is 17.9 Å². The lowest BCUT2D eigenvalue weighted by Gasteiger charge is -2.10. The quantitative estimate of drug-likeness (QED) is 0.460. The largest absolute Gasteiger partial charge is 0.707 e. The summed E-state index contributed by atoms with van der Waals surface area (Å²) in [7, 11) is -1.83. The highest BCUT2D eigenvalue weighted by molar-refractivity contribution is 6.33. The first-order valence-electron chi connectivity index (χ1n) is 4.22. The Balaban J connectivity index is 2.93. The summed E-state index contributed by atoms with van der Waals surface area (Å²) in [6.45, 7) is 0.671. The fourth-order valence-corrected chi connectivity index (χ4v) is 1.15. The van der Waals surface area contributed by atoms with Gasteiger partial charge >= 0.3 is 7.32 Å². The number of hydrogen-bond acceptors (Lipinski definition) is 5. The minimum absolute atomic E-state index is 0.260. The van der Waals surface area contributed by atoms with Crippen LogP contribution >= 0.6 is 0 Å². The summed E-state index contributed by atoms with van der Waals surface area (Å²) >= 11 is 0. The fourth-order valence-electron chi connectivity index (χ4n) is 1.15. The normalized spacial score (nSPS) is 10.0. The lowest BCUT2D eigenvalue weighted by atomic mass is 10.1. The van der Waals surface area contributed by atoms with E-state index in [2.05, 4.69) is 0 Å². The van der Waals surface area contributed by atoms with E-state index in [1.807, 2.05) is 0 Å². The van der Waals surface area contributed by atoms with Crippen molar-refractivity contribution >= 4 is 7.32 Å². The van der Waals surface area contributed by atoms with Crippen molar-refractivity contribution < 1.29 is 14.7 Å². The molecule has 1 aromatic rings. The van der Waals surface area contributed by atoms with Crippen LogP contribution in [0.15, 0.2) is 18.2 Å². The Labute approximate surface area is 82.5 Å². The lowest BCUT2D eigenvalue weighted by Crippen LogP contribution is -2.21. The first kappa shape index (κ1) is 11.0. The van der Waals surface area contributed by atoms with E-state index in [9.17, 15) is 0 Å². The third kappa shape index (κ3) is 2.71. The molecule has 0 unspecified atom stereocenters. The van der Waals surface area contributed by atoms with E-state index < -0.39 is 7.32 Å². The topological polar surface area (TPSA) is 102 Å². The van der Waals surface area contributed by atoms with E-state index >= 15 is 0 Å². The first-order valence-corrected chi connectivity index (χ1v) is 4.22. The van der Waals surface area contributed by atoms with Crippen molar-refractivity contribution in [3.8, 4) is 5.75 Å². The minimum atomic E-state index is -1.83. The van der Waals surface area contributed by atoms with Crippen LogP contribution in [0.2, 0.25) is 0 Å². The van der Waals surface area contributed by atoms with E-state index in [0.717, 1.165) is 5.56 Å². The monoisotopic (exact) mass is 196 g/mol. The summed E-state index contributed by atoms with van der Waals surface area (Å²) in [4.78, 5) is 0.